The van der Waals surface area contributed by atoms with Crippen LogP contribution in [0.3, 0.4) is 0 Å². The number of allylic oxidation sites excluding steroid dienone is 1. The van der Waals surface area contributed by atoms with Gasteiger partial charge in [0.05, 0.1) is 6.61 Å². The van der Waals surface area contributed by atoms with Gasteiger partial charge in [0, 0.05) is 6.42 Å². The maximum absolute atomic E-state index is 11.1. The van der Waals surface area contributed by atoms with Crippen molar-refractivity contribution in [3.05, 3.63) is 12.7 Å². The van der Waals surface area contributed by atoms with Gasteiger partial charge in [0.25, 0.3) is 0 Å². The molecule has 0 aromatic carbocycles. The van der Waals surface area contributed by atoms with Crippen LogP contribution in [0, 0.1) is 0 Å². The fraction of sp³-hybridized carbons (Fsp3) is 0.714. The molecule has 0 aromatic rings. The Morgan fingerprint density at radius 3 is 2.26 bits per heavy atom. The van der Waals surface area contributed by atoms with Gasteiger partial charge in [0.1, 0.15) is 0 Å². The van der Waals surface area contributed by atoms with E-state index < -0.39 is 24.6 Å². The Hall–Kier alpha value is -1.20. The maximum atomic E-state index is 11.1. The van der Waals surface area contributed by atoms with Gasteiger partial charge in [-0.2, -0.15) is 0 Å². The third kappa shape index (κ3) is 14.7. The summed E-state index contributed by atoms with van der Waals surface area (Å²) in [6.07, 6.45) is 5.25. The number of carbonyl (C=O) groups is 2. The van der Waals surface area contributed by atoms with Gasteiger partial charge >= 0.3 is 11.9 Å². The Balaban J connectivity index is 0. The van der Waals surface area contributed by atoms with E-state index in [1.54, 1.807) is 6.08 Å². The van der Waals surface area contributed by atoms with E-state index in [2.05, 4.69) is 18.2 Å². The molecule has 1 atom stereocenters. The summed E-state index contributed by atoms with van der Waals surface area (Å²) in [7, 11) is 0. The minimum Gasteiger partial charge on any atom is -0.393 e. The molecule has 19 heavy (non-hydrogen) atoms. The fourth-order valence-corrected chi connectivity index (χ4v) is 1.18. The topological polar surface area (TPSA) is 83.8 Å². The van der Waals surface area contributed by atoms with Gasteiger partial charge < -0.3 is 14.9 Å². The first-order chi connectivity index (χ1) is 9.03. The summed E-state index contributed by atoms with van der Waals surface area (Å²) in [6.45, 7) is 6.62. The summed E-state index contributed by atoms with van der Waals surface area (Å²) in [5.74, 6) is -1.73. The monoisotopic (exact) mass is 274 g/mol. The minimum atomic E-state index is -1.62. The zero-order valence-corrected chi connectivity index (χ0v) is 11.9. The quantitative estimate of drug-likeness (QED) is 0.306. The van der Waals surface area contributed by atoms with Gasteiger partial charge in [-0.3, -0.25) is 4.79 Å². The van der Waals surface area contributed by atoms with E-state index in [-0.39, 0.29) is 6.42 Å². The standard InChI is InChI=1S/C11H20O5.C3H6/c1-2-3-4-5-6-7-10(14)16-11(15)9(13)8-12;1-3-2/h9,12-13H,2-8H2,1H3;3H,1H2,2H3. The molecule has 0 spiro atoms. The summed E-state index contributed by atoms with van der Waals surface area (Å²) in [5.41, 5.74) is 0. The van der Waals surface area contributed by atoms with Gasteiger partial charge in [-0.1, -0.05) is 38.7 Å². The van der Waals surface area contributed by atoms with Gasteiger partial charge in [-0.25, -0.2) is 4.79 Å². The molecule has 0 aromatic heterocycles. The summed E-state index contributed by atoms with van der Waals surface area (Å²) >= 11 is 0. The number of ether oxygens (including phenoxy) is 1. The van der Waals surface area contributed by atoms with E-state index in [0.29, 0.717) is 6.42 Å². The van der Waals surface area contributed by atoms with Crippen molar-refractivity contribution in [3.8, 4) is 0 Å². The van der Waals surface area contributed by atoms with Crippen LogP contribution in [0.4, 0.5) is 0 Å². The highest BCUT2D eigenvalue weighted by atomic mass is 16.6. The highest BCUT2D eigenvalue weighted by Crippen LogP contribution is 2.06. The van der Waals surface area contributed by atoms with E-state index in [9.17, 15) is 9.59 Å². The van der Waals surface area contributed by atoms with Crippen molar-refractivity contribution >= 4 is 11.9 Å². The van der Waals surface area contributed by atoms with Crippen LogP contribution in [0.2, 0.25) is 0 Å². The number of carbonyl (C=O) groups excluding carboxylic acids is 2. The zero-order chi connectivity index (χ0) is 15.1. The van der Waals surface area contributed by atoms with Crippen LogP contribution in [0.15, 0.2) is 12.7 Å². The molecule has 0 radical (unpaired) electrons. The first-order valence-corrected chi connectivity index (χ1v) is 6.63. The Labute approximate surface area is 115 Å². The number of rotatable bonds is 8. The van der Waals surface area contributed by atoms with E-state index in [4.69, 9.17) is 10.2 Å². The lowest BCUT2D eigenvalue weighted by Crippen LogP contribution is -2.28. The van der Waals surface area contributed by atoms with Crippen molar-refractivity contribution in [2.45, 2.75) is 58.5 Å². The highest BCUT2D eigenvalue weighted by molar-refractivity contribution is 5.87. The van der Waals surface area contributed by atoms with Crippen LogP contribution in [-0.4, -0.2) is 34.9 Å². The van der Waals surface area contributed by atoms with Crippen molar-refractivity contribution < 1.29 is 24.5 Å². The van der Waals surface area contributed by atoms with Crippen molar-refractivity contribution in [1.82, 2.24) is 0 Å². The second-order valence-electron chi connectivity index (χ2n) is 4.06. The molecular weight excluding hydrogens is 248 g/mol. The molecule has 0 heterocycles. The van der Waals surface area contributed by atoms with Crippen LogP contribution in [0.25, 0.3) is 0 Å². The Kier molecular flexibility index (Phi) is 15.7. The average molecular weight is 274 g/mol. The van der Waals surface area contributed by atoms with Crippen LogP contribution >= 0.6 is 0 Å². The number of aliphatic hydroxyl groups is 2. The van der Waals surface area contributed by atoms with Crippen molar-refractivity contribution in [3.63, 3.8) is 0 Å². The summed E-state index contributed by atoms with van der Waals surface area (Å²) in [6, 6.07) is 0. The second-order valence-corrected chi connectivity index (χ2v) is 4.06. The molecule has 0 saturated carbocycles. The largest absolute Gasteiger partial charge is 0.393 e. The Morgan fingerprint density at radius 2 is 1.79 bits per heavy atom. The molecule has 0 fully saturated rings. The predicted octanol–water partition coefficient (Wildman–Crippen LogP) is 1.96. The molecule has 0 aliphatic heterocycles. The molecular formula is C14H26O5. The fourth-order valence-electron chi connectivity index (χ4n) is 1.18. The summed E-state index contributed by atoms with van der Waals surface area (Å²) < 4.78 is 4.32. The molecule has 5 nitrogen and oxygen atoms in total. The van der Waals surface area contributed by atoms with E-state index >= 15 is 0 Å². The van der Waals surface area contributed by atoms with Gasteiger partial charge in [0.2, 0.25) is 0 Å². The van der Waals surface area contributed by atoms with Crippen LogP contribution < -0.4 is 0 Å². The SMILES string of the molecule is C=CC.CCCCCCCC(=O)OC(=O)C(O)CO. The molecule has 0 bridgehead atoms. The van der Waals surface area contributed by atoms with E-state index in [1.807, 2.05) is 6.92 Å². The lowest BCUT2D eigenvalue weighted by atomic mass is 10.1. The molecule has 0 aliphatic rings. The second kappa shape index (κ2) is 14.9. The first kappa shape index (κ1) is 20.1. The maximum Gasteiger partial charge on any atom is 0.345 e. The van der Waals surface area contributed by atoms with E-state index in [0.717, 1.165) is 25.7 Å². The minimum absolute atomic E-state index is 0.174. The Bertz CT molecular complexity index is 250. The molecule has 0 aliphatic carbocycles. The highest BCUT2D eigenvalue weighted by Gasteiger charge is 2.18. The number of hydrogen-bond acceptors (Lipinski definition) is 5. The number of aliphatic hydroxyl groups excluding tert-OH is 2. The molecule has 1 unspecified atom stereocenters. The van der Waals surface area contributed by atoms with E-state index in [1.165, 1.54) is 0 Å². The van der Waals surface area contributed by atoms with Crippen molar-refractivity contribution in [2.24, 2.45) is 0 Å². The lowest BCUT2D eigenvalue weighted by molar-refractivity contribution is -0.167. The number of hydrogen-bond donors (Lipinski definition) is 2. The van der Waals surface area contributed by atoms with Crippen LogP contribution in [-0.2, 0) is 14.3 Å². The lowest BCUT2D eigenvalue weighted by Gasteiger charge is -2.06. The smallest absolute Gasteiger partial charge is 0.345 e. The average Bonchev–Trinajstić information content (AvgIpc) is 2.38. The predicted molar refractivity (Wildman–Crippen MR) is 73.4 cm³/mol. The van der Waals surface area contributed by atoms with Gasteiger partial charge in [-0.05, 0) is 13.3 Å². The zero-order valence-electron chi connectivity index (χ0n) is 11.9. The molecule has 112 valence electrons. The van der Waals surface area contributed by atoms with Crippen LogP contribution in [0.1, 0.15) is 52.4 Å². The van der Waals surface area contributed by atoms with Crippen molar-refractivity contribution in [1.29, 1.82) is 0 Å². The Morgan fingerprint density at radius 1 is 1.26 bits per heavy atom. The molecule has 0 rings (SSSR count). The normalized spacial score (nSPS) is 10.9. The number of esters is 2. The third-order valence-electron chi connectivity index (χ3n) is 2.14. The molecule has 2 N–H and O–H groups in total. The summed E-state index contributed by atoms with van der Waals surface area (Å²) in [4.78, 5) is 21.9. The van der Waals surface area contributed by atoms with Crippen LogP contribution in [0.5, 0.6) is 0 Å². The van der Waals surface area contributed by atoms with Crippen molar-refractivity contribution in [2.75, 3.05) is 6.61 Å². The summed E-state index contributed by atoms with van der Waals surface area (Å²) in [5, 5.41) is 17.3. The van der Waals surface area contributed by atoms with Gasteiger partial charge in [0.15, 0.2) is 6.10 Å². The molecule has 0 saturated heterocycles. The number of unbranched alkanes of at least 4 members (excludes halogenated alkanes) is 4. The van der Waals surface area contributed by atoms with Gasteiger partial charge in [-0.15, -0.1) is 6.58 Å². The molecule has 0 amide bonds. The third-order valence-corrected chi connectivity index (χ3v) is 2.14. The first-order valence-electron chi connectivity index (χ1n) is 6.63. The molecule has 5 heteroatoms.